The van der Waals surface area contributed by atoms with Gasteiger partial charge in [-0.25, -0.2) is 4.98 Å². The van der Waals surface area contributed by atoms with Crippen molar-refractivity contribution < 1.29 is 9.47 Å². The highest BCUT2D eigenvalue weighted by Crippen LogP contribution is 2.23. The van der Waals surface area contributed by atoms with Gasteiger partial charge in [-0.3, -0.25) is 0 Å². The second kappa shape index (κ2) is 6.57. The Bertz CT molecular complexity index is 585. The van der Waals surface area contributed by atoms with Gasteiger partial charge in [0.2, 0.25) is 5.88 Å². The van der Waals surface area contributed by atoms with Crippen LogP contribution in [0.15, 0.2) is 24.3 Å². The molecule has 2 rings (SSSR count). The molecular formula is C15H17ClN2O2. The number of aryl methyl sites for hydroxylation is 1. The van der Waals surface area contributed by atoms with Crippen molar-refractivity contribution in [1.82, 2.24) is 9.97 Å². The summed E-state index contributed by atoms with van der Waals surface area (Å²) >= 11 is 6.07. The molecule has 0 unspecified atom stereocenters. The molecule has 0 amide bonds. The minimum absolute atomic E-state index is 0.432. The fourth-order valence-electron chi connectivity index (χ4n) is 1.68. The average molecular weight is 293 g/mol. The largest absolute Gasteiger partial charge is 0.497 e. The molecule has 4 nitrogen and oxygen atoms in total. The van der Waals surface area contributed by atoms with Gasteiger partial charge in [0.05, 0.1) is 7.11 Å². The predicted octanol–water partition coefficient (Wildman–Crippen LogP) is 3.59. The average Bonchev–Trinajstić information content (AvgIpc) is 2.49. The number of halogens is 1. The minimum atomic E-state index is 0.432. The van der Waals surface area contributed by atoms with Crippen LogP contribution in [0.25, 0.3) is 0 Å². The molecule has 0 saturated heterocycles. The minimum Gasteiger partial charge on any atom is -0.497 e. The first-order chi connectivity index (χ1) is 9.63. The van der Waals surface area contributed by atoms with Crippen LogP contribution in [0.3, 0.4) is 0 Å². The lowest BCUT2D eigenvalue weighted by atomic mass is 10.2. The quantitative estimate of drug-likeness (QED) is 0.790. The molecule has 1 aromatic heterocycles. The summed E-state index contributed by atoms with van der Waals surface area (Å²) < 4.78 is 10.9. The molecule has 0 radical (unpaired) electrons. The molecular weight excluding hydrogens is 276 g/mol. The van der Waals surface area contributed by atoms with Crippen LogP contribution in [0.1, 0.15) is 23.9 Å². The monoisotopic (exact) mass is 292 g/mol. The first-order valence-electron chi connectivity index (χ1n) is 6.42. The Labute approximate surface area is 123 Å². The zero-order valence-electron chi connectivity index (χ0n) is 11.8. The fourth-order valence-corrected chi connectivity index (χ4v) is 1.86. The molecule has 0 N–H and O–H groups in total. The van der Waals surface area contributed by atoms with E-state index in [0.717, 1.165) is 23.3 Å². The Morgan fingerprint density at radius 2 is 1.85 bits per heavy atom. The van der Waals surface area contributed by atoms with Crippen molar-refractivity contribution in [3.8, 4) is 11.6 Å². The van der Waals surface area contributed by atoms with Gasteiger partial charge >= 0.3 is 0 Å². The fraction of sp³-hybridized carbons (Fsp3) is 0.333. The van der Waals surface area contributed by atoms with E-state index in [4.69, 9.17) is 21.1 Å². The van der Waals surface area contributed by atoms with Crippen LogP contribution in [0.4, 0.5) is 0 Å². The zero-order chi connectivity index (χ0) is 14.5. The standard InChI is InChI=1S/C15H17ClN2O2/c1-4-13-17-14(16)10(2)15(18-13)20-9-11-5-7-12(19-3)8-6-11/h5-8H,4,9H2,1-3H3. The summed E-state index contributed by atoms with van der Waals surface area (Å²) in [6.07, 6.45) is 0.721. The van der Waals surface area contributed by atoms with Crippen LogP contribution < -0.4 is 9.47 Å². The first-order valence-corrected chi connectivity index (χ1v) is 6.80. The van der Waals surface area contributed by atoms with Gasteiger partial charge in [0.15, 0.2) is 0 Å². The predicted molar refractivity (Wildman–Crippen MR) is 78.5 cm³/mol. The third-order valence-corrected chi connectivity index (χ3v) is 3.31. The van der Waals surface area contributed by atoms with Gasteiger partial charge < -0.3 is 9.47 Å². The highest BCUT2D eigenvalue weighted by molar-refractivity contribution is 6.30. The van der Waals surface area contributed by atoms with E-state index < -0.39 is 0 Å². The van der Waals surface area contributed by atoms with Gasteiger partial charge in [0.1, 0.15) is 23.3 Å². The highest BCUT2D eigenvalue weighted by atomic mass is 35.5. The molecule has 106 valence electrons. The van der Waals surface area contributed by atoms with Crippen molar-refractivity contribution >= 4 is 11.6 Å². The number of hydrogen-bond acceptors (Lipinski definition) is 4. The number of rotatable bonds is 5. The molecule has 0 spiro atoms. The SMILES string of the molecule is CCc1nc(Cl)c(C)c(OCc2ccc(OC)cc2)n1. The summed E-state index contributed by atoms with van der Waals surface area (Å²) in [5.74, 6) is 2.05. The number of hydrogen-bond donors (Lipinski definition) is 0. The van der Waals surface area contributed by atoms with E-state index >= 15 is 0 Å². The van der Waals surface area contributed by atoms with Crippen molar-refractivity contribution in [2.75, 3.05) is 7.11 Å². The number of nitrogens with zero attached hydrogens (tertiary/aromatic N) is 2. The molecule has 0 saturated carbocycles. The normalized spacial score (nSPS) is 10.4. The van der Waals surface area contributed by atoms with Crippen LogP contribution in [0, 0.1) is 6.92 Å². The van der Waals surface area contributed by atoms with Crippen molar-refractivity contribution in [1.29, 1.82) is 0 Å². The molecule has 2 aromatic rings. The molecule has 5 heteroatoms. The molecule has 1 heterocycles. The van der Waals surface area contributed by atoms with Crippen LogP contribution in [0.2, 0.25) is 5.15 Å². The van der Waals surface area contributed by atoms with Gasteiger partial charge in [-0.1, -0.05) is 30.7 Å². The lowest BCUT2D eigenvalue weighted by Gasteiger charge is -2.10. The summed E-state index contributed by atoms with van der Waals surface area (Å²) in [5.41, 5.74) is 1.80. The van der Waals surface area contributed by atoms with E-state index in [1.54, 1.807) is 7.11 Å². The number of aromatic nitrogens is 2. The molecule has 0 aliphatic heterocycles. The van der Waals surface area contributed by atoms with Gasteiger partial charge in [-0.05, 0) is 24.6 Å². The summed E-state index contributed by atoms with van der Waals surface area (Å²) in [7, 11) is 1.64. The van der Waals surface area contributed by atoms with Gasteiger partial charge in [-0.2, -0.15) is 4.98 Å². The second-order valence-electron chi connectivity index (χ2n) is 4.35. The second-order valence-corrected chi connectivity index (χ2v) is 4.71. The molecule has 0 aliphatic carbocycles. The van der Waals surface area contributed by atoms with E-state index in [-0.39, 0.29) is 0 Å². The molecule has 0 atom stereocenters. The van der Waals surface area contributed by atoms with Crippen LogP contribution >= 0.6 is 11.6 Å². The number of methoxy groups -OCH3 is 1. The van der Waals surface area contributed by atoms with E-state index in [2.05, 4.69) is 9.97 Å². The van der Waals surface area contributed by atoms with Gasteiger partial charge in [0.25, 0.3) is 0 Å². The Kier molecular flexibility index (Phi) is 4.79. The van der Waals surface area contributed by atoms with Crippen molar-refractivity contribution in [3.05, 3.63) is 46.4 Å². The number of ether oxygens (including phenoxy) is 2. The molecule has 0 bridgehead atoms. The van der Waals surface area contributed by atoms with Gasteiger partial charge in [0, 0.05) is 12.0 Å². The lowest BCUT2D eigenvalue weighted by molar-refractivity contribution is 0.289. The molecule has 20 heavy (non-hydrogen) atoms. The van der Waals surface area contributed by atoms with E-state index in [9.17, 15) is 0 Å². The van der Waals surface area contributed by atoms with Crippen molar-refractivity contribution in [2.24, 2.45) is 0 Å². The van der Waals surface area contributed by atoms with Crippen molar-refractivity contribution in [2.45, 2.75) is 26.9 Å². The third kappa shape index (κ3) is 3.39. The van der Waals surface area contributed by atoms with Crippen LogP contribution in [-0.2, 0) is 13.0 Å². The summed E-state index contributed by atoms with van der Waals surface area (Å²) in [6.45, 7) is 4.26. The Morgan fingerprint density at radius 1 is 1.15 bits per heavy atom. The lowest BCUT2D eigenvalue weighted by Crippen LogP contribution is -2.03. The highest BCUT2D eigenvalue weighted by Gasteiger charge is 2.10. The maximum atomic E-state index is 6.07. The van der Waals surface area contributed by atoms with E-state index in [1.807, 2.05) is 38.1 Å². The Morgan fingerprint density at radius 3 is 2.45 bits per heavy atom. The molecule has 1 aromatic carbocycles. The van der Waals surface area contributed by atoms with E-state index in [0.29, 0.717) is 23.5 Å². The molecule has 0 fully saturated rings. The zero-order valence-corrected chi connectivity index (χ0v) is 12.6. The summed E-state index contributed by atoms with van der Waals surface area (Å²) in [5, 5.41) is 0.446. The molecule has 0 aliphatic rings. The summed E-state index contributed by atoms with van der Waals surface area (Å²) in [4.78, 5) is 8.55. The topological polar surface area (TPSA) is 44.2 Å². The summed E-state index contributed by atoms with van der Waals surface area (Å²) in [6, 6.07) is 7.71. The van der Waals surface area contributed by atoms with Crippen LogP contribution in [-0.4, -0.2) is 17.1 Å². The van der Waals surface area contributed by atoms with Crippen LogP contribution in [0.5, 0.6) is 11.6 Å². The smallest absolute Gasteiger partial charge is 0.221 e. The van der Waals surface area contributed by atoms with Crippen molar-refractivity contribution in [3.63, 3.8) is 0 Å². The third-order valence-electron chi connectivity index (χ3n) is 2.94. The Balaban J connectivity index is 2.11. The van der Waals surface area contributed by atoms with E-state index in [1.165, 1.54) is 0 Å². The maximum absolute atomic E-state index is 6.07. The number of benzene rings is 1. The maximum Gasteiger partial charge on any atom is 0.221 e. The first kappa shape index (κ1) is 14.6. The Hall–Kier alpha value is -1.81. The van der Waals surface area contributed by atoms with Gasteiger partial charge in [-0.15, -0.1) is 0 Å².